The molecule has 6 nitrogen and oxygen atoms in total. The Bertz CT molecular complexity index is 724. The molecule has 1 aromatic carbocycles. The molecule has 1 aliphatic heterocycles. The Kier molecular flexibility index (Phi) is 6.99. The molecule has 1 aromatic rings. The van der Waals surface area contributed by atoms with Gasteiger partial charge in [-0.1, -0.05) is 25.5 Å². The normalized spacial score (nSPS) is 18.9. The van der Waals surface area contributed by atoms with Crippen LogP contribution in [0.2, 0.25) is 0 Å². The second-order valence-corrected chi connectivity index (χ2v) is 9.03. The SMILES string of the molecule is CCCCN(C(=O)/C=C/c1cccc([N+](=O)[O-])c1)C1CC(C)(C)NC(C)(C)C1. The first-order valence-electron chi connectivity index (χ1n) is 10.1. The minimum atomic E-state index is -0.425. The second kappa shape index (κ2) is 8.86. The summed E-state index contributed by atoms with van der Waals surface area (Å²) >= 11 is 0. The van der Waals surface area contributed by atoms with E-state index in [2.05, 4.69) is 39.9 Å². The number of benzene rings is 1. The summed E-state index contributed by atoms with van der Waals surface area (Å²) in [5, 5.41) is 14.6. The van der Waals surface area contributed by atoms with E-state index in [9.17, 15) is 14.9 Å². The third-order valence-corrected chi connectivity index (χ3v) is 5.14. The van der Waals surface area contributed by atoms with Crippen LogP contribution in [0.3, 0.4) is 0 Å². The molecule has 1 aliphatic rings. The van der Waals surface area contributed by atoms with Crippen LogP contribution in [-0.4, -0.2) is 39.4 Å². The molecule has 28 heavy (non-hydrogen) atoms. The van der Waals surface area contributed by atoms with Crippen molar-refractivity contribution in [3.63, 3.8) is 0 Å². The maximum atomic E-state index is 13.0. The molecule has 0 saturated carbocycles. The number of rotatable bonds is 7. The number of nitrogens with one attached hydrogen (secondary N) is 1. The van der Waals surface area contributed by atoms with E-state index in [1.165, 1.54) is 12.1 Å². The van der Waals surface area contributed by atoms with E-state index in [0.29, 0.717) is 5.56 Å². The summed E-state index contributed by atoms with van der Waals surface area (Å²) in [6, 6.07) is 6.50. The van der Waals surface area contributed by atoms with E-state index in [4.69, 9.17) is 0 Å². The van der Waals surface area contributed by atoms with Gasteiger partial charge in [-0.2, -0.15) is 0 Å². The molecular formula is C22H33N3O3. The van der Waals surface area contributed by atoms with Crippen molar-refractivity contribution in [3.05, 3.63) is 46.0 Å². The number of nitro groups is 1. The molecule has 0 atom stereocenters. The van der Waals surface area contributed by atoms with E-state index >= 15 is 0 Å². The van der Waals surface area contributed by atoms with Crippen molar-refractivity contribution < 1.29 is 9.72 Å². The van der Waals surface area contributed by atoms with Gasteiger partial charge in [-0.3, -0.25) is 14.9 Å². The molecule has 1 heterocycles. The first kappa shape index (κ1) is 22.1. The molecule has 1 N–H and O–H groups in total. The molecule has 1 amide bonds. The molecule has 1 fully saturated rings. The average molecular weight is 388 g/mol. The van der Waals surface area contributed by atoms with Gasteiger partial charge in [-0.05, 0) is 58.6 Å². The number of carbonyl (C=O) groups is 1. The zero-order valence-corrected chi connectivity index (χ0v) is 17.7. The van der Waals surface area contributed by atoms with E-state index in [-0.39, 0.29) is 28.7 Å². The van der Waals surface area contributed by atoms with Crippen molar-refractivity contribution in [2.45, 2.75) is 77.4 Å². The van der Waals surface area contributed by atoms with Crippen LogP contribution in [-0.2, 0) is 4.79 Å². The van der Waals surface area contributed by atoms with Crippen LogP contribution in [0.4, 0.5) is 5.69 Å². The van der Waals surface area contributed by atoms with Gasteiger partial charge in [0.25, 0.3) is 5.69 Å². The monoisotopic (exact) mass is 387 g/mol. The maximum absolute atomic E-state index is 13.0. The number of hydrogen-bond acceptors (Lipinski definition) is 4. The van der Waals surface area contributed by atoms with E-state index in [1.807, 2.05) is 4.90 Å². The fourth-order valence-corrected chi connectivity index (χ4v) is 4.30. The third-order valence-electron chi connectivity index (χ3n) is 5.14. The highest BCUT2D eigenvalue weighted by Gasteiger charge is 2.40. The lowest BCUT2D eigenvalue weighted by Gasteiger charge is -2.49. The Labute approximate surface area is 168 Å². The van der Waals surface area contributed by atoms with Gasteiger partial charge in [0.1, 0.15) is 0 Å². The standard InChI is InChI=1S/C22H33N3O3/c1-6-7-13-24(19-15-21(2,3)23-22(4,5)16-19)20(26)12-11-17-9-8-10-18(14-17)25(27)28/h8-12,14,19,23H,6-7,13,15-16H2,1-5H3/b12-11+. The maximum Gasteiger partial charge on any atom is 0.270 e. The second-order valence-electron chi connectivity index (χ2n) is 9.03. The highest BCUT2D eigenvalue weighted by atomic mass is 16.6. The molecule has 0 spiro atoms. The van der Waals surface area contributed by atoms with Gasteiger partial charge in [-0.15, -0.1) is 0 Å². The number of hydrogen-bond donors (Lipinski definition) is 1. The van der Waals surface area contributed by atoms with Crippen LogP contribution in [0.25, 0.3) is 6.08 Å². The fraction of sp³-hybridized carbons (Fsp3) is 0.591. The predicted octanol–water partition coefficient (Wildman–Crippen LogP) is 4.55. The van der Waals surface area contributed by atoms with Crippen LogP contribution in [0, 0.1) is 10.1 Å². The van der Waals surface area contributed by atoms with Crippen molar-refractivity contribution in [1.29, 1.82) is 0 Å². The molecular weight excluding hydrogens is 354 g/mol. The van der Waals surface area contributed by atoms with Gasteiger partial charge in [-0.25, -0.2) is 0 Å². The number of carbonyl (C=O) groups excluding carboxylic acids is 1. The van der Waals surface area contributed by atoms with E-state index in [0.717, 1.165) is 32.2 Å². The summed E-state index contributed by atoms with van der Waals surface area (Å²) in [5.41, 5.74) is 0.602. The van der Waals surface area contributed by atoms with Crippen LogP contribution < -0.4 is 5.32 Å². The Hall–Kier alpha value is -2.21. The van der Waals surface area contributed by atoms with Crippen LogP contribution in [0.5, 0.6) is 0 Å². The van der Waals surface area contributed by atoms with Crippen LogP contribution >= 0.6 is 0 Å². The number of amides is 1. The largest absolute Gasteiger partial charge is 0.336 e. The smallest absolute Gasteiger partial charge is 0.270 e. The van der Waals surface area contributed by atoms with Crippen molar-refractivity contribution in [2.24, 2.45) is 0 Å². The summed E-state index contributed by atoms with van der Waals surface area (Å²) in [7, 11) is 0. The van der Waals surface area contributed by atoms with Gasteiger partial charge in [0.15, 0.2) is 0 Å². The Morgan fingerprint density at radius 1 is 1.29 bits per heavy atom. The lowest BCUT2D eigenvalue weighted by atomic mass is 9.79. The average Bonchev–Trinajstić information content (AvgIpc) is 2.58. The Balaban J connectivity index is 2.21. The number of unbranched alkanes of at least 4 members (excludes halogenated alkanes) is 1. The van der Waals surface area contributed by atoms with Crippen molar-refractivity contribution >= 4 is 17.7 Å². The lowest BCUT2D eigenvalue weighted by molar-refractivity contribution is -0.384. The van der Waals surface area contributed by atoms with Crippen molar-refractivity contribution in [1.82, 2.24) is 10.2 Å². The zero-order valence-electron chi connectivity index (χ0n) is 17.7. The first-order chi connectivity index (χ1) is 13.0. The lowest BCUT2D eigenvalue weighted by Crippen LogP contribution is -2.62. The molecule has 0 radical (unpaired) electrons. The van der Waals surface area contributed by atoms with Gasteiger partial charge in [0.2, 0.25) is 5.91 Å². The van der Waals surface area contributed by atoms with E-state index in [1.54, 1.807) is 24.3 Å². The first-order valence-corrected chi connectivity index (χ1v) is 10.1. The minimum absolute atomic E-state index is 0.0271. The van der Waals surface area contributed by atoms with Crippen molar-refractivity contribution in [3.8, 4) is 0 Å². The van der Waals surface area contributed by atoms with Crippen LogP contribution in [0.1, 0.15) is 65.9 Å². The quantitative estimate of drug-likeness (QED) is 0.423. The number of non-ortho nitro benzene ring substituents is 1. The predicted molar refractivity (Wildman–Crippen MR) is 113 cm³/mol. The summed E-state index contributed by atoms with van der Waals surface area (Å²) < 4.78 is 0. The molecule has 6 heteroatoms. The van der Waals surface area contributed by atoms with Gasteiger partial charge < -0.3 is 10.2 Å². The third kappa shape index (κ3) is 6.16. The molecule has 0 aromatic heterocycles. The summed E-state index contributed by atoms with van der Waals surface area (Å²) in [4.78, 5) is 25.6. The minimum Gasteiger partial charge on any atom is -0.336 e. The fourth-order valence-electron chi connectivity index (χ4n) is 4.30. The number of piperidine rings is 1. The Morgan fingerprint density at radius 2 is 1.93 bits per heavy atom. The zero-order chi connectivity index (χ0) is 20.9. The Morgan fingerprint density at radius 3 is 2.50 bits per heavy atom. The highest BCUT2D eigenvalue weighted by Crippen LogP contribution is 2.32. The number of nitro benzene ring substituents is 1. The molecule has 1 saturated heterocycles. The topological polar surface area (TPSA) is 75.5 Å². The van der Waals surface area contributed by atoms with Crippen molar-refractivity contribution in [2.75, 3.05) is 6.54 Å². The molecule has 0 bridgehead atoms. The molecule has 0 unspecified atom stereocenters. The van der Waals surface area contributed by atoms with E-state index < -0.39 is 4.92 Å². The molecule has 0 aliphatic carbocycles. The summed E-state index contributed by atoms with van der Waals surface area (Å²) in [6.07, 6.45) is 7.01. The van der Waals surface area contributed by atoms with Gasteiger partial charge in [0.05, 0.1) is 4.92 Å². The highest BCUT2D eigenvalue weighted by molar-refractivity contribution is 5.92. The number of nitrogens with zero attached hydrogens (tertiary/aromatic N) is 2. The molecule has 154 valence electrons. The molecule has 2 rings (SSSR count). The van der Waals surface area contributed by atoms with Crippen LogP contribution in [0.15, 0.2) is 30.3 Å². The summed E-state index contributed by atoms with van der Waals surface area (Å²) in [5.74, 6) is -0.0292. The van der Waals surface area contributed by atoms with Gasteiger partial charge >= 0.3 is 0 Å². The summed E-state index contributed by atoms with van der Waals surface area (Å²) in [6.45, 7) is 11.6. The van der Waals surface area contributed by atoms with Gasteiger partial charge in [0, 0.05) is 41.9 Å².